The number of halogens is 3. The maximum Gasteiger partial charge on any atom is 0.272 e. The third-order valence-corrected chi connectivity index (χ3v) is 3.25. The molecule has 0 aliphatic carbocycles. The largest absolute Gasteiger partial charge is 0.378 e. The van der Waals surface area contributed by atoms with Gasteiger partial charge in [-0.1, -0.05) is 41.4 Å². The van der Waals surface area contributed by atoms with Crippen molar-refractivity contribution >= 4 is 34.6 Å². The number of nitro groups is 1. The van der Waals surface area contributed by atoms with Gasteiger partial charge >= 0.3 is 0 Å². The van der Waals surface area contributed by atoms with E-state index in [2.05, 4.69) is 5.32 Å². The van der Waals surface area contributed by atoms with E-state index in [0.717, 1.165) is 0 Å². The van der Waals surface area contributed by atoms with Crippen LogP contribution in [0.1, 0.15) is 5.56 Å². The summed E-state index contributed by atoms with van der Waals surface area (Å²) >= 11 is 11.9. The Bertz CT molecular complexity index is 642. The molecule has 0 fully saturated rings. The number of benzene rings is 2. The first-order valence-corrected chi connectivity index (χ1v) is 6.35. The van der Waals surface area contributed by atoms with E-state index in [1.807, 2.05) is 0 Å². The lowest BCUT2D eigenvalue weighted by molar-refractivity contribution is -0.384. The van der Waals surface area contributed by atoms with Crippen molar-refractivity contribution in [3.8, 4) is 0 Å². The van der Waals surface area contributed by atoms with Gasteiger partial charge < -0.3 is 5.32 Å². The number of nitrogens with zero attached hydrogens (tertiary/aromatic N) is 1. The highest BCUT2D eigenvalue weighted by molar-refractivity contribution is 6.39. The summed E-state index contributed by atoms with van der Waals surface area (Å²) in [5.74, 6) is -0.353. The van der Waals surface area contributed by atoms with Gasteiger partial charge in [0.15, 0.2) is 0 Å². The van der Waals surface area contributed by atoms with Crippen LogP contribution in [-0.2, 0) is 6.54 Å². The summed E-state index contributed by atoms with van der Waals surface area (Å²) in [5.41, 5.74) is 0.580. The fourth-order valence-electron chi connectivity index (χ4n) is 1.66. The van der Waals surface area contributed by atoms with E-state index < -0.39 is 4.92 Å². The molecule has 2 aromatic rings. The smallest absolute Gasteiger partial charge is 0.272 e. The molecule has 0 aliphatic heterocycles. The van der Waals surface area contributed by atoms with Crippen LogP contribution in [0, 0.1) is 15.9 Å². The molecule has 0 amide bonds. The molecule has 1 N–H and O–H groups in total. The zero-order valence-electron chi connectivity index (χ0n) is 10.1. The maximum absolute atomic E-state index is 13.5. The number of nitro benzene ring substituents is 1. The van der Waals surface area contributed by atoms with Gasteiger partial charge in [-0.05, 0) is 6.07 Å². The van der Waals surface area contributed by atoms with E-state index in [1.54, 1.807) is 18.2 Å². The zero-order chi connectivity index (χ0) is 14.7. The molecule has 0 aromatic heterocycles. The van der Waals surface area contributed by atoms with Gasteiger partial charge in [0.05, 0.1) is 20.7 Å². The van der Waals surface area contributed by atoms with Crippen LogP contribution in [0.15, 0.2) is 36.4 Å². The molecule has 7 heteroatoms. The predicted molar refractivity (Wildman–Crippen MR) is 76.8 cm³/mol. The first-order valence-electron chi connectivity index (χ1n) is 5.59. The zero-order valence-corrected chi connectivity index (χ0v) is 11.6. The predicted octanol–water partition coefficient (Wildman–Crippen LogP) is 4.65. The molecule has 0 unspecified atom stereocenters. The second-order valence-electron chi connectivity index (χ2n) is 3.99. The van der Waals surface area contributed by atoms with Crippen LogP contribution in [0.25, 0.3) is 0 Å². The van der Waals surface area contributed by atoms with Gasteiger partial charge in [-0.15, -0.1) is 0 Å². The van der Waals surface area contributed by atoms with Crippen LogP contribution < -0.4 is 5.32 Å². The molecule has 4 nitrogen and oxygen atoms in total. The summed E-state index contributed by atoms with van der Waals surface area (Å²) < 4.78 is 13.5. The van der Waals surface area contributed by atoms with Crippen molar-refractivity contribution in [1.82, 2.24) is 0 Å². The number of hydrogen-bond donors (Lipinski definition) is 1. The standard InChI is InChI=1S/C13H9Cl2FN2O2/c14-10-5-9(18(19)20)6-11(15)13(10)17-7-8-3-1-2-4-12(8)16/h1-6,17H,7H2. The fourth-order valence-corrected chi connectivity index (χ4v) is 2.27. The minimum absolute atomic E-state index is 0.112. The number of rotatable bonds is 4. The second-order valence-corrected chi connectivity index (χ2v) is 4.80. The molecule has 0 spiro atoms. The van der Waals surface area contributed by atoms with Gasteiger partial charge in [0.2, 0.25) is 0 Å². The Morgan fingerprint density at radius 1 is 1.20 bits per heavy atom. The molecule has 0 aliphatic rings. The summed E-state index contributed by atoms with van der Waals surface area (Å²) in [6.45, 7) is 0.171. The van der Waals surface area contributed by atoms with Crippen molar-refractivity contribution < 1.29 is 9.31 Å². The van der Waals surface area contributed by atoms with Crippen LogP contribution in [0.4, 0.5) is 15.8 Å². The van der Waals surface area contributed by atoms with Gasteiger partial charge in [0.25, 0.3) is 5.69 Å². The minimum Gasteiger partial charge on any atom is -0.378 e. The number of hydrogen-bond acceptors (Lipinski definition) is 3. The molecule has 2 aromatic carbocycles. The van der Waals surface area contributed by atoms with Gasteiger partial charge in [0, 0.05) is 24.2 Å². The Hall–Kier alpha value is -1.85. The monoisotopic (exact) mass is 314 g/mol. The topological polar surface area (TPSA) is 55.2 Å². The molecule has 0 heterocycles. The Morgan fingerprint density at radius 3 is 2.35 bits per heavy atom. The van der Waals surface area contributed by atoms with Crippen molar-refractivity contribution in [2.24, 2.45) is 0 Å². The van der Waals surface area contributed by atoms with Crippen LogP contribution in [-0.4, -0.2) is 4.92 Å². The molecule has 0 bridgehead atoms. The molecule has 20 heavy (non-hydrogen) atoms. The highest BCUT2D eigenvalue weighted by Crippen LogP contribution is 2.35. The van der Waals surface area contributed by atoms with Gasteiger partial charge in [-0.3, -0.25) is 10.1 Å². The minimum atomic E-state index is -0.585. The summed E-state index contributed by atoms with van der Waals surface area (Å²) in [5, 5.41) is 13.8. The average molecular weight is 315 g/mol. The summed E-state index contributed by atoms with van der Waals surface area (Å²) in [6, 6.07) is 8.64. The molecule has 0 atom stereocenters. The highest BCUT2D eigenvalue weighted by Gasteiger charge is 2.14. The third-order valence-electron chi connectivity index (χ3n) is 2.65. The second kappa shape index (κ2) is 6.07. The molecular formula is C13H9Cl2FN2O2. The van der Waals surface area contributed by atoms with Crippen molar-refractivity contribution in [3.05, 3.63) is 67.9 Å². The number of anilines is 1. The Labute approximate surface area is 124 Å². The van der Waals surface area contributed by atoms with E-state index >= 15 is 0 Å². The van der Waals surface area contributed by atoms with Gasteiger partial charge in [-0.25, -0.2) is 4.39 Å². The van der Waals surface area contributed by atoms with E-state index in [-0.39, 0.29) is 28.1 Å². The molecule has 2 rings (SSSR count). The van der Waals surface area contributed by atoms with E-state index in [4.69, 9.17) is 23.2 Å². The summed E-state index contributed by atoms with van der Waals surface area (Å²) in [7, 11) is 0. The third kappa shape index (κ3) is 3.18. The maximum atomic E-state index is 13.5. The number of nitrogens with one attached hydrogen (secondary N) is 1. The fraction of sp³-hybridized carbons (Fsp3) is 0.0769. The molecular weight excluding hydrogens is 306 g/mol. The lowest BCUT2D eigenvalue weighted by Crippen LogP contribution is -2.03. The van der Waals surface area contributed by atoms with Crippen molar-refractivity contribution in [2.45, 2.75) is 6.54 Å². The summed E-state index contributed by atoms with van der Waals surface area (Å²) in [6.07, 6.45) is 0. The molecule has 0 radical (unpaired) electrons. The highest BCUT2D eigenvalue weighted by atomic mass is 35.5. The first-order chi connectivity index (χ1) is 9.49. The summed E-state index contributed by atoms with van der Waals surface area (Å²) in [4.78, 5) is 10.1. The Kier molecular flexibility index (Phi) is 4.42. The molecule has 104 valence electrons. The van der Waals surface area contributed by atoms with Crippen LogP contribution >= 0.6 is 23.2 Å². The first kappa shape index (κ1) is 14.6. The van der Waals surface area contributed by atoms with E-state index in [1.165, 1.54) is 18.2 Å². The van der Waals surface area contributed by atoms with Crippen molar-refractivity contribution in [2.75, 3.05) is 5.32 Å². The van der Waals surface area contributed by atoms with E-state index in [0.29, 0.717) is 11.3 Å². The normalized spacial score (nSPS) is 10.3. The number of non-ortho nitro benzene ring substituents is 1. The molecule has 0 saturated heterocycles. The average Bonchev–Trinajstić information content (AvgIpc) is 2.39. The van der Waals surface area contributed by atoms with Crippen molar-refractivity contribution in [3.63, 3.8) is 0 Å². The van der Waals surface area contributed by atoms with Crippen LogP contribution in [0.5, 0.6) is 0 Å². The van der Waals surface area contributed by atoms with Gasteiger partial charge in [0.1, 0.15) is 5.82 Å². The van der Waals surface area contributed by atoms with Gasteiger partial charge in [-0.2, -0.15) is 0 Å². The van der Waals surface area contributed by atoms with Crippen LogP contribution in [0.2, 0.25) is 10.0 Å². The lowest BCUT2D eigenvalue weighted by Gasteiger charge is -2.11. The van der Waals surface area contributed by atoms with Crippen LogP contribution in [0.3, 0.4) is 0 Å². The van der Waals surface area contributed by atoms with Crippen molar-refractivity contribution in [1.29, 1.82) is 0 Å². The van der Waals surface area contributed by atoms with E-state index in [9.17, 15) is 14.5 Å². The molecule has 0 saturated carbocycles. The Morgan fingerprint density at radius 2 is 1.80 bits per heavy atom. The lowest BCUT2D eigenvalue weighted by atomic mass is 10.2. The SMILES string of the molecule is O=[N+]([O-])c1cc(Cl)c(NCc2ccccc2F)c(Cl)c1. The quantitative estimate of drug-likeness (QED) is 0.660. The Balaban J connectivity index is 2.22.